The third kappa shape index (κ3) is 3.18. The molecule has 2 amide bonds. The molecule has 8 heteroatoms. The molecule has 0 radical (unpaired) electrons. The fourth-order valence-corrected chi connectivity index (χ4v) is 3.29. The van der Waals surface area contributed by atoms with E-state index in [4.69, 9.17) is 4.74 Å². The number of pyridine rings is 1. The first-order chi connectivity index (χ1) is 14.0. The smallest absolute Gasteiger partial charge is 0.343 e. The second kappa shape index (κ2) is 7.31. The standard InChI is InChI=1S/C21H18N4O4/c1-13(2)18-16(11-23-25(18)17-9-5-6-10-22-17)21(28)29-12-24-19(26)14-7-3-4-8-15(14)20(24)27/h3-11,13H,12H2,1-2H3. The Morgan fingerprint density at radius 3 is 2.28 bits per heavy atom. The fourth-order valence-electron chi connectivity index (χ4n) is 3.29. The molecule has 1 aromatic carbocycles. The number of rotatable bonds is 5. The van der Waals surface area contributed by atoms with Crippen LogP contribution in [0.3, 0.4) is 0 Å². The van der Waals surface area contributed by atoms with E-state index in [9.17, 15) is 14.4 Å². The van der Waals surface area contributed by atoms with Gasteiger partial charge >= 0.3 is 5.97 Å². The van der Waals surface area contributed by atoms with Crippen LogP contribution in [0.1, 0.15) is 56.5 Å². The van der Waals surface area contributed by atoms with E-state index in [1.807, 2.05) is 19.9 Å². The second-order valence-corrected chi connectivity index (χ2v) is 6.84. The van der Waals surface area contributed by atoms with Crippen LogP contribution in [0.5, 0.6) is 0 Å². The van der Waals surface area contributed by atoms with Gasteiger partial charge in [-0.25, -0.2) is 19.4 Å². The Morgan fingerprint density at radius 2 is 1.69 bits per heavy atom. The van der Waals surface area contributed by atoms with Crippen molar-refractivity contribution in [1.82, 2.24) is 19.7 Å². The van der Waals surface area contributed by atoms with Gasteiger partial charge in [-0.1, -0.05) is 32.0 Å². The molecular formula is C21H18N4O4. The molecule has 0 atom stereocenters. The summed E-state index contributed by atoms with van der Waals surface area (Å²) < 4.78 is 6.88. The first kappa shape index (κ1) is 18.5. The highest BCUT2D eigenvalue weighted by Gasteiger charge is 2.36. The van der Waals surface area contributed by atoms with Gasteiger partial charge in [0, 0.05) is 6.20 Å². The van der Waals surface area contributed by atoms with Crippen molar-refractivity contribution in [2.75, 3.05) is 6.73 Å². The number of carbonyl (C=O) groups excluding carboxylic acids is 3. The molecule has 0 N–H and O–H groups in total. The van der Waals surface area contributed by atoms with Gasteiger partial charge in [0.25, 0.3) is 11.8 Å². The number of ether oxygens (including phenoxy) is 1. The van der Waals surface area contributed by atoms with Crippen LogP contribution in [0.15, 0.2) is 54.9 Å². The lowest BCUT2D eigenvalue weighted by Gasteiger charge is -2.15. The maximum absolute atomic E-state index is 12.7. The molecule has 1 aliphatic heterocycles. The van der Waals surface area contributed by atoms with E-state index in [0.29, 0.717) is 22.6 Å². The zero-order valence-electron chi connectivity index (χ0n) is 15.9. The SMILES string of the molecule is CC(C)c1c(C(=O)OCN2C(=O)c3ccccc3C2=O)cnn1-c1ccccn1. The van der Waals surface area contributed by atoms with Crippen LogP contribution >= 0.6 is 0 Å². The van der Waals surface area contributed by atoms with Crippen LogP contribution in [0, 0.1) is 0 Å². The van der Waals surface area contributed by atoms with E-state index in [1.54, 1.807) is 47.3 Å². The maximum Gasteiger partial charge on any atom is 0.343 e. The molecule has 0 spiro atoms. The number of aromatic nitrogens is 3. The van der Waals surface area contributed by atoms with Crippen LogP contribution in [0.4, 0.5) is 0 Å². The van der Waals surface area contributed by atoms with E-state index in [-0.39, 0.29) is 11.5 Å². The van der Waals surface area contributed by atoms with E-state index in [1.165, 1.54) is 6.20 Å². The average molecular weight is 390 g/mol. The van der Waals surface area contributed by atoms with Gasteiger partial charge in [-0.2, -0.15) is 5.10 Å². The molecule has 0 saturated carbocycles. The van der Waals surface area contributed by atoms with Crippen LogP contribution in [0.25, 0.3) is 5.82 Å². The highest BCUT2D eigenvalue weighted by molar-refractivity contribution is 6.21. The molecule has 146 valence electrons. The van der Waals surface area contributed by atoms with Crippen molar-refractivity contribution in [3.8, 4) is 5.82 Å². The quantitative estimate of drug-likeness (QED) is 0.491. The Morgan fingerprint density at radius 1 is 1.03 bits per heavy atom. The van der Waals surface area contributed by atoms with Gasteiger partial charge in [-0.3, -0.25) is 9.59 Å². The van der Waals surface area contributed by atoms with Crippen molar-refractivity contribution >= 4 is 17.8 Å². The zero-order valence-corrected chi connectivity index (χ0v) is 15.9. The number of nitrogens with zero attached hydrogens (tertiary/aromatic N) is 4. The summed E-state index contributed by atoms with van der Waals surface area (Å²) in [6.45, 7) is 3.40. The Labute approximate surface area is 166 Å². The molecule has 0 unspecified atom stereocenters. The Bertz CT molecular complexity index is 1070. The molecule has 3 aromatic rings. The summed E-state index contributed by atoms with van der Waals surface area (Å²) in [5.41, 5.74) is 1.51. The van der Waals surface area contributed by atoms with Gasteiger partial charge < -0.3 is 4.74 Å². The summed E-state index contributed by atoms with van der Waals surface area (Å²) in [7, 11) is 0. The van der Waals surface area contributed by atoms with Gasteiger partial charge in [0.1, 0.15) is 5.56 Å². The summed E-state index contributed by atoms with van der Waals surface area (Å²) in [6.07, 6.45) is 3.05. The largest absolute Gasteiger partial charge is 0.440 e. The second-order valence-electron chi connectivity index (χ2n) is 6.84. The first-order valence-electron chi connectivity index (χ1n) is 9.10. The minimum Gasteiger partial charge on any atom is -0.440 e. The summed E-state index contributed by atoms with van der Waals surface area (Å²) in [5, 5.41) is 4.28. The number of hydrogen-bond acceptors (Lipinski definition) is 6. The molecule has 1 aliphatic rings. The zero-order chi connectivity index (χ0) is 20.5. The lowest BCUT2D eigenvalue weighted by atomic mass is 10.1. The normalized spacial score (nSPS) is 13.1. The molecule has 3 heterocycles. The number of esters is 1. The number of carbonyl (C=O) groups is 3. The Balaban J connectivity index is 1.55. The number of benzene rings is 1. The van der Waals surface area contributed by atoms with Crippen LogP contribution in [0.2, 0.25) is 0 Å². The number of fused-ring (bicyclic) bond motifs is 1. The molecule has 29 heavy (non-hydrogen) atoms. The van der Waals surface area contributed by atoms with E-state index in [0.717, 1.165) is 4.90 Å². The predicted molar refractivity (Wildman–Crippen MR) is 103 cm³/mol. The van der Waals surface area contributed by atoms with E-state index < -0.39 is 24.5 Å². The number of amides is 2. The minimum atomic E-state index is -0.660. The van der Waals surface area contributed by atoms with Gasteiger partial charge in [-0.15, -0.1) is 0 Å². The molecule has 8 nitrogen and oxygen atoms in total. The fraction of sp³-hybridized carbons (Fsp3) is 0.190. The van der Waals surface area contributed by atoms with Gasteiger partial charge in [0.2, 0.25) is 0 Å². The monoisotopic (exact) mass is 390 g/mol. The Hall–Kier alpha value is -3.81. The lowest BCUT2D eigenvalue weighted by molar-refractivity contribution is 0.0227. The van der Waals surface area contributed by atoms with Crippen molar-refractivity contribution < 1.29 is 19.1 Å². The van der Waals surface area contributed by atoms with Gasteiger partial charge in [0.05, 0.1) is 23.0 Å². The summed E-state index contributed by atoms with van der Waals surface area (Å²) in [6, 6.07) is 11.9. The van der Waals surface area contributed by atoms with Crippen LogP contribution in [-0.2, 0) is 4.74 Å². The molecule has 0 saturated heterocycles. The molecule has 0 fully saturated rings. The molecule has 4 rings (SSSR count). The van der Waals surface area contributed by atoms with Crippen LogP contribution < -0.4 is 0 Å². The maximum atomic E-state index is 12.7. The highest BCUT2D eigenvalue weighted by atomic mass is 16.5. The highest BCUT2D eigenvalue weighted by Crippen LogP contribution is 2.25. The molecule has 0 aliphatic carbocycles. The molecule has 2 aromatic heterocycles. The minimum absolute atomic E-state index is 0.0404. The van der Waals surface area contributed by atoms with Crippen molar-refractivity contribution in [3.05, 3.63) is 77.2 Å². The lowest BCUT2D eigenvalue weighted by Crippen LogP contribution is -2.33. The first-order valence-corrected chi connectivity index (χ1v) is 9.10. The van der Waals surface area contributed by atoms with Gasteiger partial charge in [-0.05, 0) is 30.2 Å². The third-order valence-electron chi connectivity index (χ3n) is 4.64. The number of imide groups is 1. The molecular weight excluding hydrogens is 372 g/mol. The summed E-state index contributed by atoms with van der Waals surface area (Å²) >= 11 is 0. The van der Waals surface area contributed by atoms with Crippen molar-refractivity contribution in [3.63, 3.8) is 0 Å². The molecule has 0 bridgehead atoms. The average Bonchev–Trinajstić information content (AvgIpc) is 3.28. The summed E-state index contributed by atoms with van der Waals surface area (Å²) in [4.78, 5) is 42.7. The topological polar surface area (TPSA) is 94.4 Å². The van der Waals surface area contributed by atoms with Crippen molar-refractivity contribution in [2.24, 2.45) is 0 Å². The predicted octanol–water partition coefficient (Wildman–Crippen LogP) is 2.80. The van der Waals surface area contributed by atoms with E-state index in [2.05, 4.69) is 10.1 Å². The van der Waals surface area contributed by atoms with Gasteiger partial charge in [0.15, 0.2) is 12.5 Å². The Kier molecular flexibility index (Phi) is 4.67. The van der Waals surface area contributed by atoms with E-state index >= 15 is 0 Å². The van der Waals surface area contributed by atoms with Crippen molar-refractivity contribution in [1.29, 1.82) is 0 Å². The number of hydrogen-bond donors (Lipinski definition) is 0. The van der Waals surface area contributed by atoms with Crippen molar-refractivity contribution in [2.45, 2.75) is 19.8 Å². The van der Waals surface area contributed by atoms with Crippen LogP contribution in [-0.4, -0.2) is 44.2 Å². The summed E-state index contributed by atoms with van der Waals surface area (Å²) in [5.74, 6) is -1.08. The third-order valence-corrected chi connectivity index (χ3v) is 4.64.